The molecule has 0 unspecified atom stereocenters. The Morgan fingerprint density at radius 1 is 1.00 bits per heavy atom. The zero-order chi connectivity index (χ0) is 21.2. The van der Waals surface area contributed by atoms with Gasteiger partial charge in [-0.2, -0.15) is 0 Å². The molecular formula is C21H25NO6S. The first-order valence-corrected chi connectivity index (χ1v) is 9.78. The van der Waals surface area contributed by atoms with Gasteiger partial charge in [0.2, 0.25) is 0 Å². The van der Waals surface area contributed by atoms with Crippen LogP contribution in [-0.2, 0) is 10.5 Å². The molecule has 2 N–H and O–H groups in total. The Balaban J connectivity index is 2.10. The fourth-order valence-corrected chi connectivity index (χ4v) is 3.31. The smallest absolute Gasteiger partial charge is 0.322 e. The maximum Gasteiger partial charge on any atom is 0.322 e. The molecule has 7 nitrogen and oxygen atoms in total. The van der Waals surface area contributed by atoms with E-state index < -0.39 is 5.97 Å². The van der Waals surface area contributed by atoms with Crippen LogP contribution >= 0.6 is 11.8 Å². The van der Waals surface area contributed by atoms with E-state index in [4.69, 9.17) is 24.1 Å². The van der Waals surface area contributed by atoms with E-state index >= 15 is 0 Å². The molecule has 0 heterocycles. The topological polar surface area (TPSA) is 86.2 Å². The van der Waals surface area contributed by atoms with Gasteiger partial charge in [-0.1, -0.05) is 6.07 Å². The highest BCUT2D eigenvalue weighted by atomic mass is 32.2. The monoisotopic (exact) mass is 419 g/mol. The molecular weight excluding hydrogens is 394 g/mol. The van der Waals surface area contributed by atoms with Gasteiger partial charge in [-0.3, -0.25) is 4.79 Å². The molecule has 8 heteroatoms. The molecule has 156 valence electrons. The van der Waals surface area contributed by atoms with E-state index in [9.17, 15) is 4.79 Å². The lowest BCUT2D eigenvalue weighted by Gasteiger charge is -2.12. The van der Waals surface area contributed by atoms with Crippen LogP contribution in [0.4, 0.5) is 5.69 Å². The number of hydrogen-bond donors (Lipinski definition) is 2. The molecule has 0 aromatic heterocycles. The first-order chi connectivity index (χ1) is 14.0. The van der Waals surface area contributed by atoms with Crippen LogP contribution in [0.2, 0.25) is 0 Å². The third-order valence-electron chi connectivity index (χ3n) is 4.03. The predicted octanol–water partition coefficient (Wildman–Crippen LogP) is 4.12. The summed E-state index contributed by atoms with van der Waals surface area (Å²) < 4.78 is 21.4. The molecule has 0 radical (unpaired) electrons. The van der Waals surface area contributed by atoms with Crippen molar-refractivity contribution in [3.05, 3.63) is 46.9 Å². The van der Waals surface area contributed by atoms with Crippen molar-refractivity contribution in [3.63, 3.8) is 0 Å². The molecule has 2 aromatic rings. The van der Waals surface area contributed by atoms with E-state index in [2.05, 4.69) is 5.32 Å². The Labute approximate surface area is 174 Å². The van der Waals surface area contributed by atoms with Crippen molar-refractivity contribution in [2.45, 2.75) is 5.75 Å². The Bertz CT molecular complexity index is 843. The van der Waals surface area contributed by atoms with Crippen LogP contribution in [0.3, 0.4) is 0 Å². The molecule has 0 amide bonds. The SMILES string of the molecule is COc1cc(OC)c(/C=C/SCc2ccc(OC)c(NCC(=O)O)c2)c(OC)c1. The zero-order valence-corrected chi connectivity index (χ0v) is 17.7. The molecule has 2 aromatic carbocycles. The number of aliphatic carboxylic acids is 1. The van der Waals surface area contributed by atoms with Crippen molar-refractivity contribution in [2.24, 2.45) is 0 Å². The highest BCUT2D eigenvalue weighted by Crippen LogP contribution is 2.35. The van der Waals surface area contributed by atoms with Crippen LogP contribution in [0.1, 0.15) is 11.1 Å². The summed E-state index contributed by atoms with van der Waals surface area (Å²) in [5, 5.41) is 13.7. The van der Waals surface area contributed by atoms with Crippen molar-refractivity contribution < 1.29 is 28.8 Å². The maximum atomic E-state index is 10.8. The van der Waals surface area contributed by atoms with E-state index in [0.29, 0.717) is 34.4 Å². The number of carbonyl (C=O) groups is 1. The fourth-order valence-electron chi connectivity index (χ4n) is 2.61. The number of carboxylic acid groups (broad SMARTS) is 1. The largest absolute Gasteiger partial charge is 0.496 e. The average Bonchev–Trinajstić information content (AvgIpc) is 2.74. The van der Waals surface area contributed by atoms with E-state index in [1.165, 1.54) is 0 Å². The molecule has 0 aliphatic heterocycles. The third-order valence-corrected chi connectivity index (χ3v) is 4.86. The Morgan fingerprint density at radius 3 is 2.21 bits per heavy atom. The number of benzene rings is 2. The van der Waals surface area contributed by atoms with Gasteiger partial charge in [-0.05, 0) is 29.2 Å². The first kappa shape index (κ1) is 22.3. The van der Waals surface area contributed by atoms with E-state index in [1.807, 2.05) is 29.7 Å². The van der Waals surface area contributed by atoms with Crippen LogP contribution in [0.25, 0.3) is 6.08 Å². The van der Waals surface area contributed by atoms with Gasteiger partial charge >= 0.3 is 5.97 Å². The summed E-state index contributed by atoms with van der Waals surface area (Å²) in [5.74, 6) is 2.33. The zero-order valence-electron chi connectivity index (χ0n) is 16.9. The molecule has 2 rings (SSSR count). The van der Waals surface area contributed by atoms with Gasteiger partial charge in [-0.25, -0.2) is 0 Å². The third kappa shape index (κ3) is 6.25. The molecule has 0 aliphatic carbocycles. The summed E-state index contributed by atoms with van der Waals surface area (Å²) in [5.41, 5.74) is 2.50. The van der Waals surface area contributed by atoms with E-state index in [0.717, 1.165) is 11.1 Å². The fraction of sp³-hybridized carbons (Fsp3) is 0.286. The van der Waals surface area contributed by atoms with Crippen molar-refractivity contribution in [2.75, 3.05) is 40.3 Å². The van der Waals surface area contributed by atoms with Gasteiger partial charge in [-0.15, -0.1) is 11.8 Å². The highest BCUT2D eigenvalue weighted by molar-refractivity contribution is 8.01. The molecule has 0 spiro atoms. The van der Waals surface area contributed by atoms with Gasteiger partial charge in [0.05, 0.1) is 39.7 Å². The van der Waals surface area contributed by atoms with Crippen LogP contribution < -0.4 is 24.3 Å². The van der Waals surface area contributed by atoms with E-state index in [1.54, 1.807) is 52.3 Å². The standard InChI is InChI=1S/C21H25NO6S/c1-25-15-10-19(27-3)16(20(11-15)28-4)7-8-29-13-14-5-6-18(26-2)17(9-14)22-12-21(23)24/h5-11,22H,12-13H2,1-4H3,(H,23,24)/b8-7+. The maximum absolute atomic E-state index is 10.8. The van der Waals surface area contributed by atoms with E-state index in [-0.39, 0.29) is 6.54 Å². The number of thioether (sulfide) groups is 1. The van der Waals surface area contributed by atoms with Gasteiger partial charge in [0.1, 0.15) is 29.5 Å². The Kier molecular flexibility index (Phi) is 8.54. The minimum absolute atomic E-state index is 0.177. The summed E-state index contributed by atoms with van der Waals surface area (Å²) in [6.45, 7) is -0.177. The van der Waals surface area contributed by atoms with Crippen LogP contribution in [0.15, 0.2) is 35.7 Å². The molecule has 29 heavy (non-hydrogen) atoms. The Hall–Kier alpha value is -3.00. The summed E-state index contributed by atoms with van der Waals surface area (Å²) in [6.07, 6.45) is 1.93. The second-order valence-corrected chi connectivity index (χ2v) is 6.74. The minimum atomic E-state index is -0.933. The number of hydrogen-bond acceptors (Lipinski definition) is 7. The molecule has 0 bridgehead atoms. The normalized spacial score (nSPS) is 10.6. The lowest BCUT2D eigenvalue weighted by Crippen LogP contribution is -2.13. The number of methoxy groups -OCH3 is 4. The molecule has 0 aliphatic rings. The van der Waals surface area contributed by atoms with Crippen molar-refractivity contribution in [1.82, 2.24) is 0 Å². The van der Waals surface area contributed by atoms with Crippen LogP contribution in [0, 0.1) is 0 Å². The number of nitrogens with one attached hydrogen (secondary N) is 1. The summed E-state index contributed by atoms with van der Waals surface area (Å²) in [4.78, 5) is 10.8. The summed E-state index contributed by atoms with van der Waals surface area (Å²) >= 11 is 1.59. The Morgan fingerprint density at radius 2 is 1.66 bits per heavy atom. The van der Waals surface area contributed by atoms with Crippen molar-refractivity contribution >= 4 is 29.5 Å². The molecule has 0 saturated carbocycles. The second kappa shape index (κ2) is 11.1. The number of ether oxygens (including phenoxy) is 4. The number of rotatable bonds is 11. The summed E-state index contributed by atoms with van der Waals surface area (Å²) in [6, 6.07) is 9.25. The van der Waals surface area contributed by atoms with Gasteiger partial charge in [0.15, 0.2) is 0 Å². The highest BCUT2D eigenvalue weighted by Gasteiger charge is 2.11. The first-order valence-electron chi connectivity index (χ1n) is 8.73. The van der Waals surface area contributed by atoms with Crippen LogP contribution in [0.5, 0.6) is 23.0 Å². The van der Waals surface area contributed by atoms with Crippen LogP contribution in [-0.4, -0.2) is 46.1 Å². The minimum Gasteiger partial charge on any atom is -0.496 e. The quantitative estimate of drug-likeness (QED) is 0.563. The van der Waals surface area contributed by atoms with Crippen molar-refractivity contribution in [1.29, 1.82) is 0 Å². The predicted molar refractivity (Wildman–Crippen MR) is 116 cm³/mol. The number of carboxylic acids is 1. The molecule has 0 saturated heterocycles. The van der Waals surface area contributed by atoms with Gasteiger partial charge in [0, 0.05) is 17.9 Å². The second-order valence-electron chi connectivity index (χ2n) is 5.84. The average molecular weight is 419 g/mol. The lowest BCUT2D eigenvalue weighted by atomic mass is 10.1. The number of anilines is 1. The van der Waals surface area contributed by atoms with Gasteiger partial charge < -0.3 is 29.4 Å². The summed E-state index contributed by atoms with van der Waals surface area (Å²) in [7, 11) is 6.34. The molecule has 0 atom stereocenters. The molecule has 0 fully saturated rings. The van der Waals surface area contributed by atoms with Crippen molar-refractivity contribution in [3.8, 4) is 23.0 Å². The van der Waals surface area contributed by atoms with Gasteiger partial charge in [0.25, 0.3) is 0 Å². The lowest BCUT2D eigenvalue weighted by molar-refractivity contribution is -0.134.